The highest BCUT2D eigenvalue weighted by molar-refractivity contribution is 7.99. The summed E-state index contributed by atoms with van der Waals surface area (Å²) in [7, 11) is 0. The van der Waals surface area contributed by atoms with Crippen molar-refractivity contribution in [2.75, 3.05) is 12.4 Å². The van der Waals surface area contributed by atoms with Gasteiger partial charge in [-0.05, 0) is 61.7 Å². The third-order valence-electron chi connectivity index (χ3n) is 3.74. The molecule has 0 N–H and O–H groups in total. The topological polar surface area (TPSA) is 57.4 Å². The van der Waals surface area contributed by atoms with Crippen LogP contribution in [0, 0.1) is 19.7 Å². The van der Waals surface area contributed by atoms with Gasteiger partial charge in [0.15, 0.2) is 6.61 Å². The Morgan fingerprint density at radius 1 is 1.04 bits per heavy atom. The minimum absolute atomic E-state index is 0.242. The molecular formula is C20H21FN2O3S. The standard InChI is InChI=1S/C20H21FN2O3S/c1-14-4-5-15(2)18(12-14)25-13-19-22-23-20(26-19)27-11-3-10-24-17-8-6-16(21)7-9-17/h4-9,12H,3,10-11,13H2,1-2H3. The molecule has 142 valence electrons. The molecular weight excluding hydrogens is 367 g/mol. The zero-order valence-corrected chi connectivity index (χ0v) is 16.1. The second kappa shape index (κ2) is 9.41. The largest absolute Gasteiger partial charge is 0.494 e. The van der Waals surface area contributed by atoms with Gasteiger partial charge in [0, 0.05) is 5.75 Å². The Morgan fingerprint density at radius 2 is 1.85 bits per heavy atom. The van der Waals surface area contributed by atoms with Crippen molar-refractivity contribution in [1.82, 2.24) is 10.2 Å². The molecule has 27 heavy (non-hydrogen) atoms. The molecule has 2 aromatic carbocycles. The molecule has 0 aliphatic heterocycles. The Balaban J connectivity index is 1.37. The summed E-state index contributed by atoms with van der Waals surface area (Å²) in [5.74, 6) is 2.43. The van der Waals surface area contributed by atoms with Crippen LogP contribution in [0.4, 0.5) is 4.39 Å². The van der Waals surface area contributed by atoms with Gasteiger partial charge in [0.05, 0.1) is 6.61 Å². The van der Waals surface area contributed by atoms with Gasteiger partial charge in [-0.2, -0.15) is 0 Å². The lowest BCUT2D eigenvalue weighted by atomic mass is 10.1. The van der Waals surface area contributed by atoms with E-state index in [-0.39, 0.29) is 12.4 Å². The maximum atomic E-state index is 12.8. The van der Waals surface area contributed by atoms with Crippen molar-refractivity contribution >= 4 is 11.8 Å². The molecule has 0 bridgehead atoms. The van der Waals surface area contributed by atoms with Gasteiger partial charge in [-0.3, -0.25) is 0 Å². The predicted molar refractivity (Wildman–Crippen MR) is 102 cm³/mol. The number of aromatic nitrogens is 2. The minimum Gasteiger partial charge on any atom is -0.494 e. The fourth-order valence-electron chi connectivity index (χ4n) is 2.30. The van der Waals surface area contributed by atoms with Crippen molar-refractivity contribution < 1.29 is 18.3 Å². The number of benzene rings is 2. The highest BCUT2D eigenvalue weighted by Gasteiger charge is 2.08. The van der Waals surface area contributed by atoms with Crippen molar-refractivity contribution in [3.05, 3.63) is 65.3 Å². The summed E-state index contributed by atoms with van der Waals surface area (Å²) in [6.07, 6.45) is 0.804. The Kier molecular flexibility index (Phi) is 6.70. The van der Waals surface area contributed by atoms with E-state index in [0.29, 0.717) is 23.5 Å². The molecule has 0 spiro atoms. The Morgan fingerprint density at radius 3 is 2.67 bits per heavy atom. The number of aryl methyl sites for hydroxylation is 2. The SMILES string of the molecule is Cc1ccc(C)c(OCc2nnc(SCCCOc3ccc(F)cc3)o2)c1. The van der Waals surface area contributed by atoms with Gasteiger partial charge in [0.25, 0.3) is 11.1 Å². The predicted octanol–water partition coefficient (Wildman–Crippen LogP) is 4.97. The summed E-state index contributed by atoms with van der Waals surface area (Å²) in [5.41, 5.74) is 2.20. The quantitative estimate of drug-likeness (QED) is 0.381. The number of hydrogen-bond donors (Lipinski definition) is 0. The van der Waals surface area contributed by atoms with Gasteiger partial charge in [0.1, 0.15) is 17.3 Å². The lowest BCUT2D eigenvalue weighted by Crippen LogP contribution is -1.98. The van der Waals surface area contributed by atoms with E-state index in [2.05, 4.69) is 10.2 Å². The molecule has 1 heterocycles. The van der Waals surface area contributed by atoms with Crippen molar-refractivity contribution in [2.45, 2.75) is 32.1 Å². The summed E-state index contributed by atoms with van der Waals surface area (Å²) < 4.78 is 29.7. The summed E-state index contributed by atoms with van der Waals surface area (Å²) in [5, 5.41) is 8.54. The van der Waals surface area contributed by atoms with Crippen molar-refractivity contribution in [1.29, 1.82) is 0 Å². The normalized spacial score (nSPS) is 10.8. The molecule has 1 aromatic heterocycles. The molecule has 3 aromatic rings. The van der Waals surface area contributed by atoms with Crippen molar-refractivity contribution in [3.63, 3.8) is 0 Å². The fourth-order valence-corrected chi connectivity index (χ4v) is 2.99. The second-order valence-electron chi connectivity index (χ2n) is 6.02. The van der Waals surface area contributed by atoms with Crippen LogP contribution in [0.2, 0.25) is 0 Å². The van der Waals surface area contributed by atoms with Gasteiger partial charge in [0.2, 0.25) is 0 Å². The molecule has 0 radical (unpaired) electrons. The van der Waals surface area contributed by atoms with Crippen molar-refractivity contribution in [2.24, 2.45) is 0 Å². The number of halogens is 1. The summed E-state index contributed by atoms with van der Waals surface area (Å²) in [4.78, 5) is 0. The van der Waals surface area contributed by atoms with Gasteiger partial charge >= 0.3 is 0 Å². The summed E-state index contributed by atoms with van der Waals surface area (Å²) in [6, 6.07) is 12.0. The average molecular weight is 388 g/mol. The average Bonchev–Trinajstić information content (AvgIpc) is 3.11. The number of nitrogens with zero attached hydrogens (tertiary/aromatic N) is 2. The third kappa shape index (κ3) is 5.99. The maximum Gasteiger partial charge on any atom is 0.276 e. The van der Waals surface area contributed by atoms with Gasteiger partial charge in [-0.15, -0.1) is 10.2 Å². The van der Waals surface area contributed by atoms with Crippen LogP contribution in [0.1, 0.15) is 23.4 Å². The summed E-state index contributed by atoms with van der Waals surface area (Å²) >= 11 is 1.47. The number of hydrogen-bond acceptors (Lipinski definition) is 6. The molecule has 0 atom stereocenters. The molecule has 0 amide bonds. The lowest BCUT2D eigenvalue weighted by Gasteiger charge is -2.07. The van der Waals surface area contributed by atoms with E-state index in [1.165, 1.54) is 23.9 Å². The van der Waals surface area contributed by atoms with Gasteiger partial charge < -0.3 is 13.9 Å². The second-order valence-corrected chi connectivity index (χ2v) is 7.07. The van der Waals surface area contributed by atoms with E-state index in [4.69, 9.17) is 13.9 Å². The van der Waals surface area contributed by atoms with Crippen LogP contribution in [-0.4, -0.2) is 22.6 Å². The van der Waals surface area contributed by atoms with Crippen molar-refractivity contribution in [3.8, 4) is 11.5 Å². The first-order chi connectivity index (χ1) is 13.1. The van der Waals surface area contributed by atoms with Crippen LogP contribution in [0.15, 0.2) is 52.1 Å². The molecule has 7 heteroatoms. The van der Waals surface area contributed by atoms with E-state index < -0.39 is 0 Å². The van der Waals surface area contributed by atoms with Crippen LogP contribution in [0.3, 0.4) is 0 Å². The van der Waals surface area contributed by atoms with Crippen LogP contribution >= 0.6 is 11.8 Å². The first-order valence-electron chi connectivity index (χ1n) is 8.64. The molecule has 0 aliphatic carbocycles. The summed E-state index contributed by atoms with van der Waals surface area (Å²) in [6.45, 7) is 4.80. The maximum absolute atomic E-state index is 12.8. The van der Waals surface area contributed by atoms with Crippen LogP contribution in [-0.2, 0) is 6.61 Å². The minimum atomic E-state index is -0.272. The monoisotopic (exact) mass is 388 g/mol. The Hall–Kier alpha value is -2.54. The van der Waals surface area contributed by atoms with Gasteiger partial charge in [-0.25, -0.2) is 4.39 Å². The number of rotatable bonds is 9. The van der Waals surface area contributed by atoms with E-state index >= 15 is 0 Å². The molecule has 0 unspecified atom stereocenters. The Labute approximate surface area is 161 Å². The molecule has 0 aliphatic rings. The Bertz CT molecular complexity index is 868. The van der Waals surface area contributed by atoms with Crippen LogP contribution in [0.5, 0.6) is 11.5 Å². The zero-order chi connectivity index (χ0) is 19.1. The third-order valence-corrected chi connectivity index (χ3v) is 4.64. The highest BCUT2D eigenvalue weighted by atomic mass is 32.2. The van der Waals surface area contributed by atoms with Gasteiger partial charge in [-0.1, -0.05) is 23.9 Å². The van der Waals surface area contributed by atoms with E-state index in [0.717, 1.165) is 29.1 Å². The lowest BCUT2D eigenvalue weighted by molar-refractivity contribution is 0.250. The van der Waals surface area contributed by atoms with E-state index in [1.54, 1.807) is 12.1 Å². The molecule has 0 saturated carbocycles. The molecule has 5 nitrogen and oxygen atoms in total. The molecule has 0 fully saturated rings. The highest BCUT2D eigenvalue weighted by Crippen LogP contribution is 2.22. The first kappa shape index (κ1) is 19.2. The number of ether oxygens (including phenoxy) is 2. The zero-order valence-electron chi connectivity index (χ0n) is 15.3. The number of thioether (sulfide) groups is 1. The molecule has 3 rings (SSSR count). The van der Waals surface area contributed by atoms with Crippen LogP contribution < -0.4 is 9.47 Å². The fraction of sp³-hybridized carbons (Fsp3) is 0.300. The molecule has 0 saturated heterocycles. The van der Waals surface area contributed by atoms with E-state index in [9.17, 15) is 4.39 Å². The van der Waals surface area contributed by atoms with Crippen LogP contribution in [0.25, 0.3) is 0 Å². The first-order valence-corrected chi connectivity index (χ1v) is 9.62. The van der Waals surface area contributed by atoms with E-state index in [1.807, 2.05) is 32.0 Å². The smallest absolute Gasteiger partial charge is 0.276 e.